The average molecular weight is 548 g/mol. The van der Waals surface area contributed by atoms with Crippen LogP contribution in [0.4, 0.5) is 17.3 Å². The van der Waals surface area contributed by atoms with Gasteiger partial charge >= 0.3 is 0 Å². The molecule has 2 aliphatic rings. The molecular formula is C26H29N9O3S. The molecule has 12 nitrogen and oxygen atoms in total. The maximum atomic E-state index is 13.0. The SMILES string of the molecule is O=C(Nc1ccncn1)c1cnc2c(NC3CC3)cc(NC3CCC(NS(=O)(=O)c4ccccc4)CC3)nn12. The van der Waals surface area contributed by atoms with E-state index in [1.165, 1.54) is 12.5 Å². The number of hydrogen-bond donors (Lipinski definition) is 4. The Morgan fingerprint density at radius 1 is 0.872 bits per heavy atom. The van der Waals surface area contributed by atoms with Gasteiger partial charge < -0.3 is 16.0 Å². The molecule has 2 fully saturated rings. The smallest absolute Gasteiger partial charge is 0.277 e. The third-order valence-electron chi connectivity index (χ3n) is 6.92. The fraction of sp³-hybridized carbons (Fsp3) is 0.346. The van der Waals surface area contributed by atoms with Crippen molar-refractivity contribution in [2.24, 2.45) is 0 Å². The van der Waals surface area contributed by atoms with Gasteiger partial charge in [-0.05, 0) is 56.7 Å². The number of fused-ring (bicyclic) bond motifs is 1. The minimum atomic E-state index is -3.55. The molecule has 0 saturated heterocycles. The molecule has 2 saturated carbocycles. The van der Waals surface area contributed by atoms with E-state index in [0.29, 0.717) is 36.2 Å². The van der Waals surface area contributed by atoms with Crippen molar-refractivity contribution in [3.8, 4) is 0 Å². The highest BCUT2D eigenvalue weighted by atomic mass is 32.2. The molecule has 4 N–H and O–H groups in total. The van der Waals surface area contributed by atoms with Crippen LogP contribution < -0.4 is 20.7 Å². The van der Waals surface area contributed by atoms with E-state index in [4.69, 9.17) is 5.10 Å². The van der Waals surface area contributed by atoms with Crippen LogP contribution in [-0.2, 0) is 10.0 Å². The maximum Gasteiger partial charge on any atom is 0.277 e. The van der Waals surface area contributed by atoms with Gasteiger partial charge in [0.1, 0.15) is 18.0 Å². The lowest BCUT2D eigenvalue weighted by Crippen LogP contribution is -2.40. The molecular weight excluding hydrogens is 518 g/mol. The molecule has 2 aliphatic carbocycles. The zero-order valence-corrected chi connectivity index (χ0v) is 21.9. The number of nitrogens with zero attached hydrogens (tertiary/aromatic N) is 5. The first-order valence-electron chi connectivity index (χ1n) is 13.0. The van der Waals surface area contributed by atoms with Gasteiger partial charge in [0.15, 0.2) is 11.3 Å². The number of aromatic nitrogens is 5. The summed E-state index contributed by atoms with van der Waals surface area (Å²) < 4.78 is 29.8. The lowest BCUT2D eigenvalue weighted by atomic mass is 9.92. The van der Waals surface area contributed by atoms with Crippen molar-refractivity contribution < 1.29 is 13.2 Å². The second kappa shape index (κ2) is 10.6. The zero-order chi connectivity index (χ0) is 26.8. The fourth-order valence-corrected chi connectivity index (χ4v) is 6.07. The third-order valence-corrected chi connectivity index (χ3v) is 8.45. The molecule has 3 aromatic heterocycles. The lowest BCUT2D eigenvalue weighted by molar-refractivity contribution is 0.102. The van der Waals surface area contributed by atoms with E-state index in [1.54, 1.807) is 47.1 Å². The molecule has 0 spiro atoms. The predicted octanol–water partition coefficient (Wildman–Crippen LogP) is 3.05. The summed E-state index contributed by atoms with van der Waals surface area (Å²) in [6, 6.07) is 12.3. The minimum absolute atomic E-state index is 0.114. The normalized spacial score (nSPS) is 19.5. The Balaban J connectivity index is 1.16. The summed E-state index contributed by atoms with van der Waals surface area (Å²) in [5, 5.41) is 14.4. The molecule has 6 rings (SSSR count). The maximum absolute atomic E-state index is 13.0. The highest BCUT2D eigenvalue weighted by Crippen LogP contribution is 2.30. The summed E-state index contributed by atoms with van der Waals surface area (Å²) in [6.45, 7) is 0. The molecule has 39 heavy (non-hydrogen) atoms. The Kier molecular flexibility index (Phi) is 6.83. The van der Waals surface area contributed by atoms with Crippen LogP contribution >= 0.6 is 0 Å². The van der Waals surface area contributed by atoms with Crippen molar-refractivity contribution in [3.63, 3.8) is 0 Å². The van der Waals surface area contributed by atoms with Crippen molar-refractivity contribution in [1.82, 2.24) is 29.3 Å². The van der Waals surface area contributed by atoms with Gasteiger partial charge in [0, 0.05) is 30.4 Å². The first-order chi connectivity index (χ1) is 18.9. The predicted molar refractivity (Wildman–Crippen MR) is 146 cm³/mol. The Morgan fingerprint density at radius 2 is 1.59 bits per heavy atom. The van der Waals surface area contributed by atoms with Gasteiger partial charge in [-0.3, -0.25) is 4.79 Å². The molecule has 0 unspecified atom stereocenters. The minimum Gasteiger partial charge on any atom is -0.379 e. The Bertz CT molecular complexity index is 1570. The summed E-state index contributed by atoms with van der Waals surface area (Å²) in [6.07, 6.45) is 9.55. The van der Waals surface area contributed by atoms with Crippen LogP contribution in [0.3, 0.4) is 0 Å². The van der Waals surface area contributed by atoms with Gasteiger partial charge in [-0.15, -0.1) is 5.10 Å². The van der Waals surface area contributed by atoms with Crippen molar-refractivity contribution in [1.29, 1.82) is 0 Å². The second-order valence-corrected chi connectivity index (χ2v) is 11.6. The Hall–Kier alpha value is -4.10. The summed E-state index contributed by atoms with van der Waals surface area (Å²) in [5.74, 6) is 0.623. The first-order valence-corrected chi connectivity index (χ1v) is 14.5. The zero-order valence-electron chi connectivity index (χ0n) is 21.1. The van der Waals surface area contributed by atoms with E-state index >= 15 is 0 Å². The van der Waals surface area contributed by atoms with Gasteiger partial charge in [0.2, 0.25) is 10.0 Å². The number of hydrogen-bond acceptors (Lipinski definition) is 9. The molecule has 0 radical (unpaired) electrons. The first kappa shape index (κ1) is 25.2. The lowest BCUT2D eigenvalue weighted by Gasteiger charge is -2.30. The average Bonchev–Trinajstić information content (AvgIpc) is 3.65. The van der Waals surface area contributed by atoms with Crippen LogP contribution in [-0.4, -0.2) is 57.0 Å². The van der Waals surface area contributed by atoms with Crippen LogP contribution in [0, 0.1) is 0 Å². The van der Waals surface area contributed by atoms with Gasteiger partial charge in [0.05, 0.1) is 16.8 Å². The van der Waals surface area contributed by atoms with Crippen LogP contribution in [0.1, 0.15) is 49.0 Å². The van der Waals surface area contributed by atoms with E-state index in [0.717, 1.165) is 31.4 Å². The molecule has 4 aromatic rings. The highest BCUT2D eigenvalue weighted by molar-refractivity contribution is 7.89. The summed E-state index contributed by atoms with van der Waals surface area (Å²) in [4.78, 5) is 25.7. The number of amides is 1. The largest absolute Gasteiger partial charge is 0.379 e. The van der Waals surface area contributed by atoms with Crippen LogP contribution in [0.25, 0.3) is 5.65 Å². The molecule has 0 bridgehead atoms. The highest BCUT2D eigenvalue weighted by Gasteiger charge is 2.27. The Morgan fingerprint density at radius 3 is 2.31 bits per heavy atom. The molecule has 3 heterocycles. The molecule has 0 atom stereocenters. The van der Waals surface area contributed by atoms with E-state index in [2.05, 4.69) is 35.6 Å². The quantitative estimate of drug-likeness (QED) is 0.247. The topological polar surface area (TPSA) is 155 Å². The number of carbonyl (C=O) groups is 1. The summed E-state index contributed by atoms with van der Waals surface area (Å²) in [5.41, 5.74) is 1.66. The number of imidazole rings is 1. The van der Waals surface area contributed by atoms with Gasteiger partial charge in [-0.25, -0.2) is 32.6 Å². The molecule has 1 aromatic carbocycles. The van der Waals surface area contributed by atoms with E-state index in [9.17, 15) is 13.2 Å². The monoisotopic (exact) mass is 547 g/mol. The molecule has 13 heteroatoms. The molecule has 1 amide bonds. The summed E-state index contributed by atoms with van der Waals surface area (Å²) >= 11 is 0. The van der Waals surface area contributed by atoms with Crippen molar-refractivity contribution in [3.05, 3.63) is 66.9 Å². The van der Waals surface area contributed by atoms with Crippen molar-refractivity contribution in [2.75, 3.05) is 16.0 Å². The second-order valence-electron chi connectivity index (χ2n) is 9.92. The van der Waals surface area contributed by atoms with Crippen molar-refractivity contribution in [2.45, 2.75) is 61.5 Å². The van der Waals surface area contributed by atoms with E-state index < -0.39 is 10.0 Å². The van der Waals surface area contributed by atoms with Gasteiger partial charge in [0.25, 0.3) is 5.91 Å². The number of anilines is 3. The summed E-state index contributed by atoms with van der Waals surface area (Å²) in [7, 11) is -3.55. The number of nitrogens with one attached hydrogen (secondary N) is 4. The Labute approximate surface area is 225 Å². The third kappa shape index (κ3) is 5.83. The van der Waals surface area contributed by atoms with E-state index in [1.807, 2.05) is 6.07 Å². The van der Waals surface area contributed by atoms with Crippen LogP contribution in [0.15, 0.2) is 66.1 Å². The number of benzene rings is 1. The standard InChI is InChI=1S/C26H29N9O3S/c36-26(32-23-12-13-27-16-29-23)22-15-28-25-21(30-17-6-7-17)14-24(33-35(22)25)31-18-8-10-19(11-9-18)34-39(37,38)20-4-2-1-3-5-20/h1-5,12-19,30,34H,6-11H2,(H,31,33)(H,27,29,32,36). The molecule has 0 aliphatic heterocycles. The number of sulfonamides is 1. The molecule has 202 valence electrons. The fourth-order valence-electron chi connectivity index (χ4n) is 4.74. The van der Waals surface area contributed by atoms with Crippen molar-refractivity contribution >= 4 is 38.9 Å². The number of carbonyl (C=O) groups excluding carboxylic acids is 1. The van der Waals surface area contributed by atoms with Gasteiger partial charge in [-0.1, -0.05) is 18.2 Å². The van der Waals surface area contributed by atoms with Gasteiger partial charge in [-0.2, -0.15) is 0 Å². The van der Waals surface area contributed by atoms with Crippen LogP contribution in [0.2, 0.25) is 0 Å². The van der Waals surface area contributed by atoms with E-state index in [-0.39, 0.29) is 28.6 Å². The van der Waals surface area contributed by atoms with Crippen LogP contribution in [0.5, 0.6) is 0 Å². The number of rotatable bonds is 9.